The van der Waals surface area contributed by atoms with Crippen molar-refractivity contribution in [1.29, 1.82) is 0 Å². The number of rotatable bonds is 15. The molecule has 27 rings (SSSR count). The van der Waals surface area contributed by atoms with Crippen LogP contribution in [0.25, 0.3) is 53.9 Å². The van der Waals surface area contributed by atoms with E-state index in [2.05, 4.69) is 146 Å². The van der Waals surface area contributed by atoms with Crippen LogP contribution >= 0.6 is 0 Å². The predicted octanol–water partition coefficient (Wildman–Crippen LogP) is 26.9. The lowest BCUT2D eigenvalue weighted by Gasteiger charge is -2.55. The molecule has 3 atom stereocenters. The highest BCUT2D eigenvalue weighted by Gasteiger charge is 2.58. The van der Waals surface area contributed by atoms with E-state index in [1.54, 1.807) is 24.3 Å². The summed E-state index contributed by atoms with van der Waals surface area (Å²) < 4.78 is 29.8. The zero-order valence-corrected chi connectivity index (χ0v) is 79.9. The van der Waals surface area contributed by atoms with Gasteiger partial charge in [0.15, 0.2) is 24.5 Å². The molecular formula is C116H125O10S5+5. The molecule has 10 bridgehead atoms. The van der Waals surface area contributed by atoms with E-state index in [1.807, 2.05) is 72.8 Å². The molecule has 10 nitrogen and oxygen atoms in total. The molecule has 12 aromatic rings. The molecule has 10 aliphatic carbocycles. The van der Waals surface area contributed by atoms with Gasteiger partial charge in [-0.2, -0.15) is 0 Å². The molecule has 5 saturated heterocycles. The molecule has 15 aliphatic rings. The lowest BCUT2D eigenvalue weighted by atomic mass is 9.49. The molecule has 0 aromatic heterocycles. The van der Waals surface area contributed by atoms with E-state index in [0.29, 0.717) is 83.0 Å². The molecule has 5 aliphatic heterocycles. The number of benzene rings is 12. The van der Waals surface area contributed by atoms with E-state index in [1.165, 1.54) is 244 Å². The van der Waals surface area contributed by atoms with Crippen LogP contribution in [0.3, 0.4) is 0 Å². The lowest BCUT2D eigenvalue weighted by Crippen LogP contribution is -2.51. The Balaban J connectivity index is 0.0000000991. The molecule has 15 fully saturated rings. The fourth-order valence-electron chi connectivity index (χ4n) is 26.0. The first kappa shape index (κ1) is 88.6. The Morgan fingerprint density at radius 2 is 0.473 bits per heavy atom. The topological polar surface area (TPSA) is 132 Å². The summed E-state index contributed by atoms with van der Waals surface area (Å²) >= 11 is 0. The van der Waals surface area contributed by atoms with Crippen LogP contribution in [0.1, 0.15) is 200 Å². The molecule has 0 radical (unpaired) electrons. The number of carbonyl (C=O) groups excluding carboxylic acids is 5. The summed E-state index contributed by atoms with van der Waals surface area (Å²) in [6, 6.07) is 81.7. The molecule has 10 saturated carbocycles. The van der Waals surface area contributed by atoms with Gasteiger partial charge in [0, 0.05) is 108 Å². The number of fused-ring (bicyclic) bond motifs is 7. The molecule has 0 N–H and O–H groups in total. The van der Waals surface area contributed by atoms with E-state index in [-0.39, 0.29) is 46.6 Å². The van der Waals surface area contributed by atoms with Gasteiger partial charge < -0.3 is 23.7 Å². The predicted molar refractivity (Wildman–Crippen MR) is 542 cm³/mol. The van der Waals surface area contributed by atoms with Crippen molar-refractivity contribution in [2.45, 2.75) is 204 Å². The summed E-state index contributed by atoms with van der Waals surface area (Å²) in [6.07, 6.45) is 35.4. The highest BCUT2D eigenvalue weighted by atomic mass is 32.2. The van der Waals surface area contributed by atoms with Gasteiger partial charge in [0.1, 0.15) is 86.3 Å². The summed E-state index contributed by atoms with van der Waals surface area (Å²) in [6.45, 7) is 0. The summed E-state index contributed by atoms with van der Waals surface area (Å²) in [7, 11) is 1.74. The van der Waals surface area contributed by atoms with Gasteiger partial charge in [-0.05, 0) is 336 Å². The summed E-state index contributed by atoms with van der Waals surface area (Å²) in [5.74, 6) is 22.2. The molecule has 3 unspecified atom stereocenters. The van der Waals surface area contributed by atoms with E-state index in [9.17, 15) is 24.0 Å². The van der Waals surface area contributed by atoms with Crippen molar-refractivity contribution in [2.75, 3.05) is 57.5 Å². The van der Waals surface area contributed by atoms with E-state index < -0.39 is 0 Å². The van der Waals surface area contributed by atoms with Crippen molar-refractivity contribution in [2.24, 2.45) is 64.1 Å². The van der Waals surface area contributed by atoms with Gasteiger partial charge in [-0.3, -0.25) is 14.4 Å². The van der Waals surface area contributed by atoms with E-state index in [0.717, 1.165) is 131 Å². The molecule has 0 spiro atoms. The third kappa shape index (κ3) is 19.2. The van der Waals surface area contributed by atoms with Crippen LogP contribution in [0.4, 0.5) is 0 Å². The summed E-state index contributed by atoms with van der Waals surface area (Å²) in [5.41, 5.74) is 0.759. The van der Waals surface area contributed by atoms with Gasteiger partial charge in [-0.1, -0.05) is 134 Å². The second-order valence-electron chi connectivity index (χ2n) is 40.2. The summed E-state index contributed by atoms with van der Waals surface area (Å²) in [4.78, 5) is 71.7. The fraction of sp³-hybridized carbons (Fsp3) is 0.422. The van der Waals surface area contributed by atoms with Crippen LogP contribution in [0.5, 0.6) is 28.7 Å². The Bertz CT molecular complexity index is 6090. The molecule has 15 heteroatoms. The van der Waals surface area contributed by atoms with Crippen LogP contribution < -0.4 is 23.7 Å². The number of carbonyl (C=O) groups is 5. The van der Waals surface area contributed by atoms with E-state index in [4.69, 9.17) is 23.7 Å². The van der Waals surface area contributed by atoms with Crippen LogP contribution in [-0.2, 0) is 68.9 Å². The number of hydrogen-bond donors (Lipinski definition) is 0. The average molecular weight is 1840 g/mol. The Kier molecular flexibility index (Phi) is 27.0. The van der Waals surface area contributed by atoms with Gasteiger partial charge in [0.25, 0.3) is 0 Å². The lowest BCUT2D eigenvalue weighted by molar-refractivity contribution is -0.162. The second kappa shape index (κ2) is 39.9. The highest BCUT2D eigenvalue weighted by Crippen LogP contribution is 2.63. The number of esters is 5. The smallest absolute Gasteiger partial charge is 0.343 e. The normalized spacial score (nSPS) is 25.9. The van der Waals surface area contributed by atoms with Crippen molar-refractivity contribution in [3.8, 4) is 28.7 Å². The quantitative estimate of drug-likeness (QED) is 0.0555. The maximum Gasteiger partial charge on any atom is 0.343 e. The minimum absolute atomic E-state index is 0.00779. The van der Waals surface area contributed by atoms with Gasteiger partial charge in [-0.15, -0.1) is 0 Å². The molecule has 12 aromatic carbocycles. The van der Waals surface area contributed by atoms with Crippen molar-refractivity contribution in [3.63, 3.8) is 0 Å². The zero-order valence-electron chi connectivity index (χ0n) is 75.8. The molecule has 5 heterocycles. The van der Waals surface area contributed by atoms with Crippen LogP contribution in [0.15, 0.2) is 267 Å². The average Bonchev–Trinajstić information content (AvgIpc) is 1.70. The van der Waals surface area contributed by atoms with Gasteiger partial charge in [0.2, 0.25) is 0 Å². The molecule has 131 heavy (non-hydrogen) atoms. The third-order valence-corrected chi connectivity index (χ3v) is 44.2. The highest BCUT2D eigenvalue weighted by molar-refractivity contribution is 7.98. The van der Waals surface area contributed by atoms with Crippen molar-refractivity contribution < 1.29 is 47.7 Å². The Morgan fingerprint density at radius 3 is 0.733 bits per heavy atom. The van der Waals surface area contributed by atoms with Crippen LogP contribution in [0.2, 0.25) is 0 Å². The van der Waals surface area contributed by atoms with Gasteiger partial charge in [-0.25, -0.2) is 9.59 Å². The molecular weight excluding hydrogens is 1710 g/mol. The SMILES string of the molecule is O=C(Oc1ccc([S+]2CCCC2)c2ccccc12)C12CC3CC(CC(C3)C1)C2.O=C(Oc1ccc([S+]2CCCC2)c2ccccc12)C1CC2CCC1C2.O=C(Oc1ccc([S+]2CCCC2)c2ccccc12)c1ccccc1.O=C(Oc1ccc([S+]2CCCCC2)c2ccccc12)C12CC3CC(CC(C3)C1)C2.O=C(Oc1ccc([S+]2CCCCC2)c2ccccc12)c1ccccc1. The standard InChI is InChI=1S/C26H31O2S.C25H29O2S.C22H25O2S.C22H21O2S.C21H19O2S/c27-25(26-15-18-12-19(16-26)14-20(13-18)17-26)28-23-8-9-24(29-10-4-1-5-11-29)22-7-3-2-6-21(22)23;26-24(25-14-17-11-18(15-25)13-19(12-17)16-25)27-22-7-8-23(28-9-3-4-10-28)21-6-2-1-5-20(21)22;23-22(19-14-15-7-8-16(19)13-15)24-20-9-10-21(25-11-3-4-12-25)18-6-2-1-5-17(18)20;23-22(17-9-3-1-4-10-17)24-20-13-14-21(25-15-7-2-8-16-25)19-12-6-5-11-18(19)20;22-21(16-8-2-1-3-9-16)23-19-12-13-20(24-14-6-7-15-24)18-11-5-4-10-17(18)19/h2-3,6-9,18-20H,1,4-5,10-17H2;1-2,5-8,17-19H,3-4,9-16H2;1-2,5-6,9-10,15-16,19H,3-4,7-8,11-14H2;1,3-6,9-14H,2,7-8,15-16H2;1-5,8-13H,6-7,14-15H2/q5*+1. The maximum absolute atomic E-state index is 13.5. The first-order valence-electron chi connectivity index (χ1n) is 49.5. The number of ether oxygens (including phenoxy) is 5. The monoisotopic (exact) mass is 1840 g/mol. The minimum atomic E-state index is -0.309. The Labute approximate surface area is 788 Å². The van der Waals surface area contributed by atoms with Crippen molar-refractivity contribution >= 4 is 138 Å². The van der Waals surface area contributed by atoms with Crippen LogP contribution in [-0.4, -0.2) is 87.4 Å². The van der Waals surface area contributed by atoms with Gasteiger partial charge >= 0.3 is 29.8 Å². The van der Waals surface area contributed by atoms with E-state index >= 15 is 0 Å². The van der Waals surface area contributed by atoms with Crippen molar-refractivity contribution in [1.82, 2.24) is 0 Å². The van der Waals surface area contributed by atoms with Crippen LogP contribution in [0, 0.1) is 64.1 Å². The fourth-order valence-corrected chi connectivity index (χ4v) is 38.5. The molecule has 0 amide bonds. The first-order chi connectivity index (χ1) is 64.3. The third-order valence-electron chi connectivity index (χ3n) is 31.5. The maximum atomic E-state index is 13.5. The molecule has 674 valence electrons. The summed E-state index contributed by atoms with van der Waals surface area (Å²) in [5, 5.41) is 11.7. The minimum Gasteiger partial charge on any atom is -0.426 e. The van der Waals surface area contributed by atoms with Gasteiger partial charge in [0.05, 0.1) is 27.9 Å². The zero-order chi connectivity index (χ0) is 88.4. The first-order valence-corrected chi connectivity index (χ1v) is 57.3. The number of hydrogen-bond acceptors (Lipinski definition) is 10. The Hall–Kier alpha value is -8.96. The second-order valence-corrected chi connectivity index (χ2v) is 51.4. The van der Waals surface area contributed by atoms with Crippen molar-refractivity contribution in [3.05, 3.63) is 254 Å². The largest absolute Gasteiger partial charge is 0.426 e. The Morgan fingerprint density at radius 1 is 0.229 bits per heavy atom.